The number of amides is 1. The van der Waals surface area contributed by atoms with E-state index < -0.39 is 0 Å². The molecule has 0 saturated carbocycles. The summed E-state index contributed by atoms with van der Waals surface area (Å²) in [6, 6.07) is 0.0230. The number of carbonyl (C=O) groups excluding carboxylic acids is 1. The molecule has 9 heteroatoms. The second-order valence-corrected chi connectivity index (χ2v) is 8.02. The van der Waals surface area contributed by atoms with E-state index in [2.05, 4.69) is 29.4 Å². The molecule has 148 valence electrons. The third-order valence-electron chi connectivity index (χ3n) is 4.89. The van der Waals surface area contributed by atoms with Crippen molar-refractivity contribution in [2.45, 2.75) is 72.1 Å². The number of nitrogens with one attached hydrogen (secondary N) is 1. The summed E-state index contributed by atoms with van der Waals surface area (Å²) in [7, 11) is 0. The molecule has 3 heterocycles. The normalized spacial score (nSPS) is 17.0. The van der Waals surface area contributed by atoms with Crippen molar-refractivity contribution in [2.24, 2.45) is 5.92 Å². The van der Waals surface area contributed by atoms with Crippen molar-refractivity contribution < 1.29 is 4.79 Å². The highest BCUT2D eigenvalue weighted by atomic mass is 35.5. The van der Waals surface area contributed by atoms with E-state index in [1.165, 1.54) is 0 Å². The standard InChI is InChI=1S/C18H27ClN6O2/c1-12(2)6-9-25-18(27)24-8-7-14(4-5-16(24)22-25)20-17(26)11-23-10-15(19)13(3)21-23/h10,12,14H,4-9,11H2,1-3H3,(H,20,26). The van der Waals surface area contributed by atoms with E-state index in [1.54, 1.807) is 27.1 Å². The zero-order valence-electron chi connectivity index (χ0n) is 16.1. The molecular formula is C18H27ClN6O2. The molecule has 27 heavy (non-hydrogen) atoms. The smallest absolute Gasteiger partial charge is 0.345 e. The van der Waals surface area contributed by atoms with Gasteiger partial charge in [-0.2, -0.15) is 10.2 Å². The largest absolute Gasteiger partial charge is 0.352 e. The van der Waals surface area contributed by atoms with Gasteiger partial charge in [-0.25, -0.2) is 9.48 Å². The molecule has 1 aliphatic heterocycles. The van der Waals surface area contributed by atoms with Gasteiger partial charge in [0.2, 0.25) is 5.91 Å². The SMILES string of the molecule is Cc1nn(CC(=O)NC2CCc3nn(CCC(C)C)c(=O)n3CC2)cc1Cl. The first-order valence-electron chi connectivity index (χ1n) is 9.49. The maximum Gasteiger partial charge on any atom is 0.345 e. The minimum absolute atomic E-state index is 0.0230. The monoisotopic (exact) mass is 394 g/mol. The summed E-state index contributed by atoms with van der Waals surface area (Å²) in [5.74, 6) is 1.24. The maximum absolute atomic E-state index is 12.5. The molecule has 0 spiro atoms. The third-order valence-corrected chi connectivity index (χ3v) is 5.26. The Morgan fingerprint density at radius 1 is 1.37 bits per heavy atom. The van der Waals surface area contributed by atoms with Gasteiger partial charge in [0.15, 0.2) is 0 Å². The topological polar surface area (TPSA) is 86.7 Å². The number of hydrogen-bond donors (Lipinski definition) is 1. The number of aromatic nitrogens is 5. The van der Waals surface area contributed by atoms with Crippen LogP contribution in [0.25, 0.3) is 0 Å². The lowest BCUT2D eigenvalue weighted by Crippen LogP contribution is -2.38. The molecule has 2 aromatic heterocycles. The van der Waals surface area contributed by atoms with Crippen molar-refractivity contribution in [2.75, 3.05) is 0 Å². The van der Waals surface area contributed by atoms with Crippen LogP contribution in [0, 0.1) is 12.8 Å². The van der Waals surface area contributed by atoms with Crippen LogP contribution >= 0.6 is 11.6 Å². The molecule has 2 aromatic rings. The fourth-order valence-corrected chi connectivity index (χ4v) is 3.44. The van der Waals surface area contributed by atoms with Crippen molar-refractivity contribution >= 4 is 17.5 Å². The van der Waals surface area contributed by atoms with Gasteiger partial charge in [0.25, 0.3) is 0 Å². The van der Waals surface area contributed by atoms with Crippen LogP contribution in [-0.2, 0) is 30.8 Å². The maximum atomic E-state index is 12.5. The van der Waals surface area contributed by atoms with Gasteiger partial charge >= 0.3 is 5.69 Å². The highest BCUT2D eigenvalue weighted by molar-refractivity contribution is 6.31. The third kappa shape index (κ3) is 4.80. The van der Waals surface area contributed by atoms with Crippen LogP contribution in [0.3, 0.4) is 0 Å². The molecule has 1 N–H and O–H groups in total. The van der Waals surface area contributed by atoms with Crippen molar-refractivity contribution in [1.82, 2.24) is 29.4 Å². The quantitative estimate of drug-likeness (QED) is 0.808. The van der Waals surface area contributed by atoms with Crippen molar-refractivity contribution in [3.8, 4) is 0 Å². The number of nitrogens with zero attached hydrogens (tertiary/aromatic N) is 5. The molecule has 8 nitrogen and oxygen atoms in total. The Balaban J connectivity index is 1.57. The first-order chi connectivity index (χ1) is 12.8. The van der Waals surface area contributed by atoms with Crippen molar-refractivity contribution in [3.05, 3.63) is 33.2 Å². The van der Waals surface area contributed by atoms with E-state index in [0.29, 0.717) is 42.6 Å². The lowest BCUT2D eigenvalue weighted by molar-refractivity contribution is -0.122. The molecule has 1 atom stereocenters. The number of hydrogen-bond acceptors (Lipinski definition) is 4. The Morgan fingerprint density at radius 2 is 2.15 bits per heavy atom. The van der Waals surface area contributed by atoms with E-state index in [1.807, 2.05) is 0 Å². The summed E-state index contributed by atoms with van der Waals surface area (Å²) < 4.78 is 4.88. The molecule has 0 aliphatic carbocycles. The Morgan fingerprint density at radius 3 is 2.81 bits per heavy atom. The molecular weight excluding hydrogens is 368 g/mol. The summed E-state index contributed by atoms with van der Waals surface area (Å²) in [6.45, 7) is 7.44. The average molecular weight is 395 g/mol. The Kier molecular flexibility index (Phi) is 6.04. The number of halogens is 1. The van der Waals surface area contributed by atoms with Gasteiger partial charge in [0, 0.05) is 31.7 Å². The second kappa shape index (κ2) is 8.29. The predicted octanol–water partition coefficient (Wildman–Crippen LogP) is 1.77. The molecule has 0 bridgehead atoms. The summed E-state index contributed by atoms with van der Waals surface area (Å²) >= 11 is 5.98. The van der Waals surface area contributed by atoms with Crippen LogP contribution in [0.2, 0.25) is 5.02 Å². The van der Waals surface area contributed by atoms with Gasteiger partial charge in [0.05, 0.1) is 10.7 Å². The zero-order chi connectivity index (χ0) is 19.6. The van der Waals surface area contributed by atoms with Crippen LogP contribution in [0.1, 0.15) is 44.6 Å². The van der Waals surface area contributed by atoms with E-state index in [0.717, 1.165) is 18.7 Å². The summed E-state index contributed by atoms with van der Waals surface area (Å²) in [4.78, 5) is 24.8. The number of carbonyl (C=O) groups is 1. The highest BCUT2D eigenvalue weighted by Crippen LogP contribution is 2.14. The van der Waals surface area contributed by atoms with Crippen molar-refractivity contribution in [3.63, 3.8) is 0 Å². The molecule has 1 aliphatic rings. The lowest BCUT2D eigenvalue weighted by Gasteiger charge is -2.16. The Hall–Kier alpha value is -2.09. The zero-order valence-corrected chi connectivity index (χ0v) is 16.9. The Bertz CT molecular complexity index is 846. The van der Waals surface area contributed by atoms with E-state index >= 15 is 0 Å². The van der Waals surface area contributed by atoms with Gasteiger partial charge in [-0.05, 0) is 32.1 Å². The highest BCUT2D eigenvalue weighted by Gasteiger charge is 2.22. The minimum Gasteiger partial charge on any atom is -0.352 e. The first kappa shape index (κ1) is 19.7. The van der Waals surface area contributed by atoms with Gasteiger partial charge in [-0.1, -0.05) is 25.4 Å². The van der Waals surface area contributed by atoms with Gasteiger partial charge in [-0.3, -0.25) is 14.0 Å². The van der Waals surface area contributed by atoms with Crippen LogP contribution in [-0.4, -0.2) is 36.1 Å². The van der Waals surface area contributed by atoms with Crippen molar-refractivity contribution in [1.29, 1.82) is 0 Å². The molecule has 0 aromatic carbocycles. The van der Waals surface area contributed by atoms with Crippen LogP contribution in [0.15, 0.2) is 11.0 Å². The van der Waals surface area contributed by atoms with Crippen LogP contribution < -0.4 is 11.0 Å². The molecule has 3 rings (SSSR count). The Labute approximate surface area is 163 Å². The number of fused-ring (bicyclic) bond motifs is 1. The first-order valence-corrected chi connectivity index (χ1v) is 9.86. The summed E-state index contributed by atoms with van der Waals surface area (Å²) in [5.41, 5.74) is 0.664. The fraction of sp³-hybridized carbons (Fsp3) is 0.667. The number of aryl methyl sites for hydroxylation is 3. The van der Waals surface area contributed by atoms with Crippen LogP contribution in [0.4, 0.5) is 0 Å². The minimum atomic E-state index is -0.104. The average Bonchev–Trinajstić information content (AvgIpc) is 2.98. The molecule has 1 unspecified atom stereocenters. The molecule has 0 radical (unpaired) electrons. The fourth-order valence-electron chi connectivity index (χ4n) is 3.29. The van der Waals surface area contributed by atoms with E-state index in [4.69, 9.17) is 11.6 Å². The predicted molar refractivity (Wildman–Crippen MR) is 103 cm³/mol. The van der Waals surface area contributed by atoms with E-state index in [9.17, 15) is 9.59 Å². The van der Waals surface area contributed by atoms with E-state index in [-0.39, 0.29) is 24.2 Å². The number of rotatable bonds is 6. The van der Waals surface area contributed by atoms with Gasteiger partial charge in [-0.15, -0.1) is 0 Å². The summed E-state index contributed by atoms with van der Waals surface area (Å²) in [5, 5.41) is 12.3. The molecule has 0 saturated heterocycles. The van der Waals surface area contributed by atoms with Gasteiger partial charge < -0.3 is 5.32 Å². The van der Waals surface area contributed by atoms with Gasteiger partial charge in [0.1, 0.15) is 12.4 Å². The lowest BCUT2D eigenvalue weighted by atomic mass is 10.1. The van der Waals surface area contributed by atoms with Crippen LogP contribution in [0.5, 0.6) is 0 Å². The summed E-state index contributed by atoms with van der Waals surface area (Å²) in [6.07, 6.45) is 4.75. The molecule has 1 amide bonds. The second-order valence-electron chi connectivity index (χ2n) is 7.61. The molecule has 0 fully saturated rings.